The molecule has 0 spiro atoms. The average Bonchev–Trinajstić information content (AvgIpc) is 3.34. The first-order chi connectivity index (χ1) is 33.4. The monoisotopic (exact) mass is 982 g/mol. The van der Waals surface area contributed by atoms with E-state index in [4.69, 9.17) is 0 Å². The van der Waals surface area contributed by atoms with Crippen molar-refractivity contribution in [2.45, 2.75) is 166 Å². The minimum atomic E-state index is -1.83. The number of fused-ring (bicyclic) bond motifs is 5. The van der Waals surface area contributed by atoms with Gasteiger partial charge in [0.2, 0.25) is 29.5 Å². The summed E-state index contributed by atoms with van der Waals surface area (Å²) in [5.74, 6) is -6.15. The SMILES string of the molecule is CCCCCCCCCCCCCCCC(=O)N(C)[C@H](CO)C(=O)N[C@H](C)C(=O)CCC(=O)N(C)[C@@H]1C(=O)C[C@@H](C)C(=O)N[C@H](C(=O)NC(CO)(CO)CO)Cc2ccc(O)c(c2)-c2cc1ccc2O. The maximum atomic E-state index is 14.3. The number of aliphatic hydroxyl groups excluding tert-OH is 4. The molecule has 70 heavy (non-hydrogen) atoms. The third-order valence-corrected chi connectivity index (χ3v) is 13.4. The number of amides is 5. The molecule has 18 heteroatoms. The Labute approximate surface area is 412 Å². The van der Waals surface area contributed by atoms with Crippen molar-refractivity contribution in [3.8, 4) is 22.6 Å². The summed E-state index contributed by atoms with van der Waals surface area (Å²) in [7, 11) is 2.77. The molecule has 3 rings (SSSR count). The van der Waals surface area contributed by atoms with E-state index in [1.807, 2.05) is 0 Å². The molecule has 0 saturated heterocycles. The van der Waals surface area contributed by atoms with E-state index in [0.29, 0.717) is 12.0 Å². The first-order valence-corrected chi connectivity index (χ1v) is 24.9. The van der Waals surface area contributed by atoms with Crippen molar-refractivity contribution in [3.05, 3.63) is 47.5 Å². The number of phenols is 2. The molecule has 9 N–H and O–H groups in total. The van der Waals surface area contributed by atoms with Gasteiger partial charge in [-0.05, 0) is 48.7 Å². The van der Waals surface area contributed by atoms with Gasteiger partial charge in [-0.15, -0.1) is 0 Å². The number of hydrogen-bond donors (Lipinski definition) is 9. The number of carbonyl (C=O) groups excluding carboxylic acids is 7. The van der Waals surface area contributed by atoms with Gasteiger partial charge < -0.3 is 56.4 Å². The third kappa shape index (κ3) is 17.5. The van der Waals surface area contributed by atoms with Crippen molar-refractivity contribution in [2.75, 3.05) is 40.5 Å². The molecule has 0 aliphatic carbocycles. The molecule has 0 saturated carbocycles. The number of nitrogens with one attached hydrogen (secondary N) is 3. The van der Waals surface area contributed by atoms with Crippen LogP contribution in [0.2, 0.25) is 0 Å². The molecular weight excluding hydrogens is 903 g/mol. The van der Waals surface area contributed by atoms with E-state index in [9.17, 15) is 64.2 Å². The molecule has 0 fully saturated rings. The quantitative estimate of drug-likeness (QED) is 0.0548. The fourth-order valence-electron chi connectivity index (χ4n) is 8.56. The number of aliphatic hydroxyl groups is 4. The zero-order valence-electron chi connectivity index (χ0n) is 41.8. The highest BCUT2D eigenvalue weighted by Crippen LogP contribution is 2.39. The van der Waals surface area contributed by atoms with E-state index < -0.39 is 110 Å². The minimum Gasteiger partial charge on any atom is -0.507 e. The second-order valence-electron chi connectivity index (χ2n) is 19.0. The lowest BCUT2D eigenvalue weighted by atomic mass is 9.89. The fraction of sp³-hybridized carbons (Fsp3) is 0.635. The van der Waals surface area contributed by atoms with Crippen LogP contribution < -0.4 is 16.0 Å². The van der Waals surface area contributed by atoms with Gasteiger partial charge in [0.15, 0.2) is 11.6 Å². The van der Waals surface area contributed by atoms with Gasteiger partial charge in [0.1, 0.15) is 35.2 Å². The number of ketones is 2. The lowest BCUT2D eigenvalue weighted by Gasteiger charge is -2.32. The van der Waals surface area contributed by atoms with Crippen LogP contribution in [0.15, 0.2) is 36.4 Å². The Kier molecular flexibility index (Phi) is 25.0. The predicted molar refractivity (Wildman–Crippen MR) is 263 cm³/mol. The van der Waals surface area contributed by atoms with E-state index in [-0.39, 0.29) is 53.4 Å². The van der Waals surface area contributed by atoms with Crippen LogP contribution in [0.25, 0.3) is 11.1 Å². The van der Waals surface area contributed by atoms with Crippen molar-refractivity contribution in [2.24, 2.45) is 5.92 Å². The third-order valence-electron chi connectivity index (χ3n) is 13.4. The Bertz CT molecular complexity index is 2050. The number of Topliss-reactive ketones (excluding diaryl/α,β-unsaturated/α-hetero) is 2. The Morgan fingerprint density at radius 3 is 1.83 bits per heavy atom. The van der Waals surface area contributed by atoms with Gasteiger partial charge >= 0.3 is 0 Å². The maximum Gasteiger partial charge on any atom is 0.245 e. The van der Waals surface area contributed by atoms with Gasteiger partial charge in [-0.1, -0.05) is 103 Å². The molecule has 5 atom stereocenters. The fourth-order valence-corrected chi connectivity index (χ4v) is 8.56. The first-order valence-electron chi connectivity index (χ1n) is 24.9. The van der Waals surface area contributed by atoms with E-state index in [0.717, 1.165) is 24.2 Å². The summed E-state index contributed by atoms with van der Waals surface area (Å²) in [6.45, 7) is 1.91. The summed E-state index contributed by atoms with van der Waals surface area (Å²) in [5, 5.41) is 69.2. The Hall–Kier alpha value is -5.43. The van der Waals surface area contributed by atoms with E-state index >= 15 is 0 Å². The van der Waals surface area contributed by atoms with E-state index in [2.05, 4.69) is 22.9 Å². The summed E-state index contributed by atoms with van der Waals surface area (Å²) >= 11 is 0. The molecule has 2 aromatic rings. The molecule has 2 aromatic carbocycles. The lowest BCUT2D eigenvalue weighted by Crippen LogP contribution is -2.61. The van der Waals surface area contributed by atoms with Crippen LogP contribution in [0.3, 0.4) is 0 Å². The highest BCUT2D eigenvalue weighted by molar-refractivity contribution is 5.97. The number of rotatable bonds is 28. The summed E-state index contributed by atoms with van der Waals surface area (Å²) in [4.78, 5) is 97.3. The van der Waals surface area contributed by atoms with Gasteiger partial charge in [-0.2, -0.15) is 0 Å². The minimum absolute atomic E-state index is 0.0679. The van der Waals surface area contributed by atoms with Crippen LogP contribution in [0, 0.1) is 5.92 Å². The van der Waals surface area contributed by atoms with Crippen molar-refractivity contribution in [1.82, 2.24) is 25.8 Å². The highest BCUT2D eigenvalue weighted by Gasteiger charge is 2.37. The van der Waals surface area contributed by atoms with Crippen LogP contribution in [-0.2, 0) is 40.0 Å². The summed E-state index contributed by atoms with van der Waals surface area (Å²) in [6.07, 6.45) is 13.9. The van der Waals surface area contributed by atoms with Gasteiger partial charge in [-0.3, -0.25) is 33.6 Å². The number of carbonyl (C=O) groups is 7. The van der Waals surface area contributed by atoms with Gasteiger partial charge in [0.25, 0.3) is 0 Å². The number of likely N-dealkylation sites (N-methyl/N-ethyl adjacent to an activating group) is 2. The smallest absolute Gasteiger partial charge is 0.245 e. The van der Waals surface area contributed by atoms with Crippen LogP contribution in [0.4, 0.5) is 0 Å². The Morgan fingerprint density at radius 1 is 0.729 bits per heavy atom. The number of unbranched alkanes of at least 4 members (excludes halogenated alkanes) is 12. The van der Waals surface area contributed by atoms with Gasteiger partial charge in [0.05, 0.1) is 32.5 Å². The molecule has 1 heterocycles. The Morgan fingerprint density at radius 2 is 1.27 bits per heavy atom. The first kappa shape index (κ1) is 58.9. The topological polar surface area (TPSA) is 283 Å². The zero-order chi connectivity index (χ0) is 52.0. The van der Waals surface area contributed by atoms with Crippen LogP contribution in [-0.4, -0.2) is 146 Å². The molecule has 18 nitrogen and oxygen atoms in total. The standard InChI is InChI=1S/C52H79N5O13/c1-6-7-8-9-10-11-12-13-14-15-16-17-18-19-46(66)56(4)41(30-58)51(70)53-35(3)42(62)24-25-47(67)57(5)48-37-21-23-44(64)39(29-37)38-27-36(20-22-43(38)63)28-40(54-49(68)34(2)26-45(48)65)50(69)55-52(31-59,32-60)33-61/h20-23,27,29,34-35,40-41,48,58-61,63-64H,6-19,24-26,28,30-33H2,1-5H3,(H,53,70)(H,54,68)(H,55,69)/t34-,35-,40+,41-,48+/m1/s1. The predicted octanol–water partition coefficient (Wildman–Crippen LogP) is 3.89. The maximum absolute atomic E-state index is 14.3. The van der Waals surface area contributed by atoms with E-state index in [1.165, 1.54) is 127 Å². The molecule has 5 amide bonds. The summed E-state index contributed by atoms with van der Waals surface area (Å²) in [5.41, 5.74) is -1.07. The molecule has 0 aromatic heterocycles. The molecule has 0 radical (unpaired) electrons. The second-order valence-corrected chi connectivity index (χ2v) is 19.0. The van der Waals surface area contributed by atoms with E-state index in [1.54, 1.807) is 0 Å². The number of nitrogens with zero attached hydrogens (tertiary/aromatic N) is 2. The number of aromatic hydroxyl groups is 2. The Balaban J connectivity index is 1.68. The highest BCUT2D eigenvalue weighted by atomic mass is 16.3. The van der Waals surface area contributed by atoms with Crippen LogP contribution in [0.1, 0.15) is 147 Å². The molecule has 1 aliphatic heterocycles. The molecule has 390 valence electrons. The van der Waals surface area contributed by atoms with Crippen molar-refractivity contribution in [1.29, 1.82) is 0 Å². The number of phenolic OH excluding ortho intramolecular Hbond substituents is 2. The largest absolute Gasteiger partial charge is 0.507 e. The molecule has 1 aliphatic rings. The molecule has 4 bridgehead atoms. The normalized spacial score (nSPS) is 17.1. The lowest BCUT2D eigenvalue weighted by molar-refractivity contribution is -0.142. The second kappa shape index (κ2) is 29.7. The van der Waals surface area contributed by atoms with Gasteiger partial charge in [0, 0.05) is 63.2 Å². The number of benzene rings is 2. The number of hydrogen-bond acceptors (Lipinski definition) is 13. The van der Waals surface area contributed by atoms with Crippen molar-refractivity contribution >= 4 is 41.1 Å². The van der Waals surface area contributed by atoms with Crippen molar-refractivity contribution < 1.29 is 64.2 Å². The van der Waals surface area contributed by atoms with Crippen LogP contribution in [0.5, 0.6) is 11.5 Å². The molecular formula is C52H79N5O13. The molecule has 0 unspecified atom stereocenters. The van der Waals surface area contributed by atoms with Crippen LogP contribution >= 0.6 is 0 Å². The average molecular weight is 982 g/mol. The van der Waals surface area contributed by atoms with Gasteiger partial charge in [-0.25, -0.2) is 0 Å². The zero-order valence-corrected chi connectivity index (χ0v) is 41.8. The van der Waals surface area contributed by atoms with Crippen molar-refractivity contribution in [3.63, 3.8) is 0 Å². The summed E-state index contributed by atoms with van der Waals surface area (Å²) < 4.78 is 0. The summed E-state index contributed by atoms with van der Waals surface area (Å²) in [6, 6.07) is 3.26.